The van der Waals surface area contributed by atoms with Crippen LogP contribution < -0.4 is 5.32 Å². The highest BCUT2D eigenvalue weighted by atomic mass is 19.4. The number of hydrogen-bond donors (Lipinski definition) is 1. The minimum atomic E-state index is -4.24. The Morgan fingerprint density at radius 3 is 2.22 bits per heavy atom. The molecular weight excluding hydrogens is 243 g/mol. The molecule has 1 rings (SSSR count). The van der Waals surface area contributed by atoms with E-state index in [1.807, 2.05) is 0 Å². The highest BCUT2D eigenvalue weighted by Crippen LogP contribution is 2.24. The molecule has 104 valence electrons. The second kappa shape index (κ2) is 5.45. The molecule has 6 heteroatoms. The van der Waals surface area contributed by atoms with Gasteiger partial charge >= 0.3 is 6.18 Å². The maximum absolute atomic E-state index is 12.5. The number of nitrogens with one attached hydrogen (secondary N) is 1. The van der Waals surface area contributed by atoms with E-state index in [1.165, 1.54) is 4.90 Å². The zero-order valence-corrected chi connectivity index (χ0v) is 11.0. The lowest BCUT2D eigenvalue weighted by Gasteiger charge is -2.34. The third-order valence-corrected chi connectivity index (χ3v) is 2.98. The summed E-state index contributed by atoms with van der Waals surface area (Å²) in [6, 6.07) is 2.14. The van der Waals surface area contributed by atoms with Crippen molar-refractivity contribution in [1.82, 2.24) is 10.2 Å². The van der Waals surface area contributed by atoms with Gasteiger partial charge in [-0.1, -0.05) is 0 Å². The molecule has 0 aliphatic heterocycles. The Labute approximate surface area is 106 Å². The van der Waals surface area contributed by atoms with Gasteiger partial charge in [0.2, 0.25) is 0 Å². The van der Waals surface area contributed by atoms with Gasteiger partial charge in [0.1, 0.15) is 5.54 Å². The van der Waals surface area contributed by atoms with Gasteiger partial charge in [-0.2, -0.15) is 18.4 Å². The Bertz CT molecular complexity index is 318. The van der Waals surface area contributed by atoms with Crippen LogP contribution >= 0.6 is 0 Å². The van der Waals surface area contributed by atoms with E-state index in [-0.39, 0.29) is 18.6 Å². The van der Waals surface area contributed by atoms with Crippen LogP contribution in [-0.2, 0) is 0 Å². The normalized spacial score (nSPS) is 19.9. The van der Waals surface area contributed by atoms with Gasteiger partial charge < -0.3 is 0 Å². The monoisotopic (exact) mass is 263 g/mol. The Morgan fingerprint density at radius 2 is 1.89 bits per heavy atom. The molecule has 0 radical (unpaired) electrons. The van der Waals surface area contributed by atoms with Crippen molar-refractivity contribution in [2.45, 2.75) is 57.4 Å². The number of nitrogens with zero attached hydrogens (tertiary/aromatic N) is 2. The van der Waals surface area contributed by atoms with Crippen LogP contribution in [0, 0.1) is 11.3 Å². The maximum Gasteiger partial charge on any atom is 0.401 e. The van der Waals surface area contributed by atoms with Crippen molar-refractivity contribution in [1.29, 1.82) is 5.26 Å². The van der Waals surface area contributed by atoms with Gasteiger partial charge in [-0.3, -0.25) is 10.2 Å². The van der Waals surface area contributed by atoms with Crippen LogP contribution in [0.1, 0.15) is 33.6 Å². The second-order valence-electron chi connectivity index (χ2n) is 5.48. The van der Waals surface area contributed by atoms with E-state index in [2.05, 4.69) is 11.4 Å². The molecule has 1 aliphatic rings. The van der Waals surface area contributed by atoms with Crippen LogP contribution in [0.5, 0.6) is 0 Å². The molecule has 1 N–H and O–H groups in total. The van der Waals surface area contributed by atoms with E-state index >= 15 is 0 Å². The lowest BCUT2D eigenvalue weighted by atomic mass is 10.0. The summed E-state index contributed by atoms with van der Waals surface area (Å²) in [6.45, 7) is 4.18. The minimum Gasteiger partial charge on any atom is -0.296 e. The molecule has 0 amide bonds. The third-order valence-electron chi connectivity index (χ3n) is 2.98. The fourth-order valence-electron chi connectivity index (χ4n) is 1.85. The lowest BCUT2D eigenvalue weighted by molar-refractivity contribution is -0.150. The molecule has 1 aliphatic carbocycles. The summed E-state index contributed by atoms with van der Waals surface area (Å²) in [4.78, 5) is 1.29. The number of halogens is 3. The summed E-state index contributed by atoms with van der Waals surface area (Å²) in [6.07, 6.45) is -2.24. The van der Waals surface area contributed by atoms with E-state index < -0.39 is 18.3 Å². The molecule has 0 saturated heterocycles. The number of nitriles is 1. The highest BCUT2D eigenvalue weighted by Gasteiger charge is 2.38. The predicted octanol–water partition coefficient (Wildman–Crippen LogP) is 2.29. The molecular formula is C12H20F3N3. The topological polar surface area (TPSA) is 39.1 Å². The van der Waals surface area contributed by atoms with Gasteiger partial charge in [-0.05, 0) is 33.6 Å². The molecule has 3 nitrogen and oxygen atoms in total. The van der Waals surface area contributed by atoms with Gasteiger partial charge in [0.25, 0.3) is 0 Å². The summed E-state index contributed by atoms with van der Waals surface area (Å²) in [5.41, 5.74) is -0.920. The fourth-order valence-corrected chi connectivity index (χ4v) is 1.85. The summed E-state index contributed by atoms with van der Waals surface area (Å²) >= 11 is 0. The van der Waals surface area contributed by atoms with Crippen molar-refractivity contribution in [3.8, 4) is 6.07 Å². The van der Waals surface area contributed by atoms with E-state index in [4.69, 9.17) is 0 Å². The van der Waals surface area contributed by atoms with Crippen LogP contribution in [0.3, 0.4) is 0 Å². The molecule has 1 unspecified atom stereocenters. The summed E-state index contributed by atoms with van der Waals surface area (Å²) in [7, 11) is 0. The highest BCUT2D eigenvalue weighted by molar-refractivity contribution is 5.09. The smallest absolute Gasteiger partial charge is 0.296 e. The van der Waals surface area contributed by atoms with Crippen molar-refractivity contribution in [3.05, 3.63) is 0 Å². The molecule has 0 heterocycles. The Balaban J connectivity index is 2.65. The van der Waals surface area contributed by atoms with Gasteiger partial charge in [-0.15, -0.1) is 0 Å². The minimum absolute atomic E-state index is 0.0805. The summed E-state index contributed by atoms with van der Waals surface area (Å²) in [5.74, 6) is 0. The van der Waals surface area contributed by atoms with Gasteiger partial charge in [0, 0.05) is 18.6 Å². The van der Waals surface area contributed by atoms with Gasteiger partial charge in [-0.25, -0.2) is 0 Å². The Morgan fingerprint density at radius 1 is 1.33 bits per heavy atom. The van der Waals surface area contributed by atoms with Gasteiger partial charge in [0.15, 0.2) is 0 Å². The van der Waals surface area contributed by atoms with Crippen molar-refractivity contribution >= 4 is 0 Å². The molecule has 1 fully saturated rings. The number of rotatable bonds is 6. The molecule has 1 saturated carbocycles. The third kappa shape index (κ3) is 5.23. The predicted molar refractivity (Wildman–Crippen MR) is 62.9 cm³/mol. The molecule has 0 aromatic heterocycles. The first-order valence-electron chi connectivity index (χ1n) is 6.15. The largest absolute Gasteiger partial charge is 0.401 e. The maximum atomic E-state index is 12.5. The van der Waals surface area contributed by atoms with Crippen LogP contribution in [0.25, 0.3) is 0 Å². The van der Waals surface area contributed by atoms with Crippen LogP contribution in [0.4, 0.5) is 13.2 Å². The first kappa shape index (κ1) is 15.3. The number of hydrogen-bond acceptors (Lipinski definition) is 3. The first-order valence-corrected chi connectivity index (χ1v) is 6.15. The van der Waals surface area contributed by atoms with Crippen molar-refractivity contribution in [3.63, 3.8) is 0 Å². The average molecular weight is 263 g/mol. The standard InChI is InChI=1S/C12H20F3N3/c1-9(2)18(8-12(13,14)15)7-11(3,6-16)17-10-4-5-10/h9-10,17H,4-5,7-8H2,1-3H3. The lowest BCUT2D eigenvalue weighted by Crippen LogP contribution is -2.54. The Hall–Kier alpha value is -0.800. The van der Waals surface area contributed by atoms with Crippen molar-refractivity contribution in [2.24, 2.45) is 0 Å². The van der Waals surface area contributed by atoms with Crippen LogP contribution in [0.2, 0.25) is 0 Å². The molecule has 0 aromatic rings. The van der Waals surface area contributed by atoms with Crippen molar-refractivity contribution < 1.29 is 13.2 Å². The first-order chi connectivity index (χ1) is 8.15. The van der Waals surface area contributed by atoms with Crippen LogP contribution in [-0.4, -0.2) is 41.8 Å². The molecule has 1 atom stereocenters. The molecule has 0 spiro atoms. The average Bonchev–Trinajstić information content (AvgIpc) is 2.98. The summed E-state index contributed by atoms with van der Waals surface area (Å²) < 4.78 is 37.4. The van der Waals surface area contributed by atoms with E-state index in [0.717, 1.165) is 12.8 Å². The SMILES string of the molecule is CC(C)N(CC(F)(F)F)CC(C)(C#N)NC1CC1. The van der Waals surface area contributed by atoms with E-state index in [1.54, 1.807) is 20.8 Å². The second-order valence-corrected chi connectivity index (χ2v) is 5.48. The molecule has 0 bridgehead atoms. The van der Waals surface area contributed by atoms with Crippen molar-refractivity contribution in [2.75, 3.05) is 13.1 Å². The summed E-state index contributed by atoms with van der Waals surface area (Å²) in [5, 5.41) is 12.3. The van der Waals surface area contributed by atoms with E-state index in [0.29, 0.717) is 0 Å². The Kier molecular flexibility index (Phi) is 4.62. The molecule has 0 aromatic carbocycles. The number of alkyl halides is 3. The fraction of sp³-hybridized carbons (Fsp3) is 0.917. The zero-order chi connectivity index (χ0) is 14.0. The quantitative estimate of drug-likeness (QED) is 0.799. The molecule has 18 heavy (non-hydrogen) atoms. The zero-order valence-electron chi connectivity index (χ0n) is 11.0. The van der Waals surface area contributed by atoms with Crippen LogP contribution in [0.15, 0.2) is 0 Å². The van der Waals surface area contributed by atoms with Gasteiger partial charge in [0.05, 0.1) is 12.6 Å². The van der Waals surface area contributed by atoms with E-state index in [9.17, 15) is 18.4 Å².